The SMILES string of the molecule is O=C(c1cn(C[C@@H]2CC(F)(F)CN2C(=O)NC2CCCCC2)nn1)N1CCOCC1. The quantitative estimate of drug-likeness (QED) is 0.788. The van der Waals surface area contributed by atoms with E-state index in [1.54, 1.807) is 4.90 Å². The number of amides is 3. The van der Waals surface area contributed by atoms with Crippen molar-refractivity contribution in [2.45, 2.75) is 63.1 Å². The molecule has 9 nitrogen and oxygen atoms in total. The fourth-order valence-corrected chi connectivity index (χ4v) is 4.43. The van der Waals surface area contributed by atoms with Crippen molar-refractivity contribution in [3.05, 3.63) is 11.9 Å². The van der Waals surface area contributed by atoms with Crippen LogP contribution in [0.2, 0.25) is 0 Å². The average molecular weight is 426 g/mol. The lowest BCUT2D eigenvalue weighted by Gasteiger charge is -2.29. The van der Waals surface area contributed by atoms with Crippen molar-refractivity contribution < 1.29 is 23.1 Å². The number of rotatable bonds is 4. The molecule has 1 atom stereocenters. The molecule has 1 aliphatic carbocycles. The number of nitrogens with zero attached hydrogens (tertiary/aromatic N) is 5. The number of carbonyl (C=O) groups is 2. The molecular formula is C19H28F2N6O3. The predicted octanol–water partition coefficient (Wildman–Crippen LogP) is 1.50. The number of carbonyl (C=O) groups excluding carboxylic acids is 2. The fourth-order valence-electron chi connectivity index (χ4n) is 4.43. The summed E-state index contributed by atoms with van der Waals surface area (Å²) in [5.74, 6) is -3.20. The smallest absolute Gasteiger partial charge is 0.318 e. The summed E-state index contributed by atoms with van der Waals surface area (Å²) < 4.78 is 34.9. The molecule has 0 bridgehead atoms. The van der Waals surface area contributed by atoms with E-state index in [9.17, 15) is 18.4 Å². The van der Waals surface area contributed by atoms with Gasteiger partial charge in [0.2, 0.25) is 0 Å². The predicted molar refractivity (Wildman–Crippen MR) is 102 cm³/mol. The molecule has 2 aliphatic heterocycles. The van der Waals surface area contributed by atoms with Crippen LogP contribution in [0.25, 0.3) is 0 Å². The second-order valence-corrected chi connectivity index (χ2v) is 8.36. The summed E-state index contributed by atoms with van der Waals surface area (Å²) in [6, 6.07) is -1.12. The van der Waals surface area contributed by atoms with Crippen LogP contribution in [0.3, 0.4) is 0 Å². The van der Waals surface area contributed by atoms with Gasteiger partial charge in [0.1, 0.15) is 0 Å². The summed E-state index contributed by atoms with van der Waals surface area (Å²) in [5.41, 5.74) is 0.167. The Labute approximate surface area is 173 Å². The van der Waals surface area contributed by atoms with Crippen LogP contribution in [0.5, 0.6) is 0 Å². The summed E-state index contributed by atoms with van der Waals surface area (Å²) in [6.45, 7) is 1.37. The Balaban J connectivity index is 1.39. The van der Waals surface area contributed by atoms with Crippen LogP contribution in [-0.2, 0) is 11.3 Å². The zero-order valence-electron chi connectivity index (χ0n) is 16.9. The van der Waals surface area contributed by atoms with Crippen LogP contribution in [-0.4, -0.2) is 87.6 Å². The Bertz CT molecular complexity index is 761. The highest BCUT2D eigenvalue weighted by Crippen LogP contribution is 2.33. The number of nitrogens with one attached hydrogen (secondary N) is 1. The summed E-state index contributed by atoms with van der Waals surface area (Å²) in [6.07, 6.45) is 6.04. The van der Waals surface area contributed by atoms with Crippen LogP contribution >= 0.6 is 0 Å². The maximum absolute atomic E-state index is 14.1. The van der Waals surface area contributed by atoms with Gasteiger partial charge in [-0.15, -0.1) is 5.10 Å². The maximum Gasteiger partial charge on any atom is 0.318 e. The van der Waals surface area contributed by atoms with Gasteiger partial charge in [-0.3, -0.25) is 4.79 Å². The van der Waals surface area contributed by atoms with Gasteiger partial charge in [-0.05, 0) is 12.8 Å². The number of hydrogen-bond acceptors (Lipinski definition) is 5. The van der Waals surface area contributed by atoms with Crippen LogP contribution in [0.4, 0.5) is 13.6 Å². The van der Waals surface area contributed by atoms with Gasteiger partial charge in [0, 0.05) is 25.6 Å². The Morgan fingerprint density at radius 3 is 2.67 bits per heavy atom. The molecule has 1 aromatic rings. The second-order valence-electron chi connectivity index (χ2n) is 8.36. The number of alkyl halides is 2. The largest absolute Gasteiger partial charge is 0.378 e. The third-order valence-corrected chi connectivity index (χ3v) is 6.02. The number of ether oxygens (including phenoxy) is 1. The monoisotopic (exact) mass is 426 g/mol. The minimum absolute atomic E-state index is 0.0465. The van der Waals surface area contributed by atoms with E-state index in [4.69, 9.17) is 4.74 Å². The minimum atomic E-state index is -2.94. The van der Waals surface area contributed by atoms with Gasteiger partial charge in [-0.25, -0.2) is 18.3 Å². The van der Waals surface area contributed by atoms with E-state index in [0.717, 1.165) is 32.1 Å². The molecule has 166 valence electrons. The lowest BCUT2D eigenvalue weighted by atomic mass is 9.96. The number of likely N-dealkylation sites (tertiary alicyclic amines) is 1. The van der Waals surface area contributed by atoms with Crippen molar-refractivity contribution >= 4 is 11.9 Å². The molecule has 0 radical (unpaired) electrons. The lowest BCUT2D eigenvalue weighted by Crippen LogP contribution is -2.48. The molecule has 3 fully saturated rings. The fraction of sp³-hybridized carbons (Fsp3) is 0.789. The van der Waals surface area contributed by atoms with Crippen LogP contribution in [0.1, 0.15) is 49.0 Å². The highest BCUT2D eigenvalue weighted by atomic mass is 19.3. The van der Waals surface area contributed by atoms with Crippen molar-refractivity contribution in [2.24, 2.45) is 0 Å². The molecule has 0 aromatic carbocycles. The molecule has 3 amide bonds. The molecular weight excluding hydrogens is 398 g/mol. The van der Waals surface area contributed by atoms with Gasteiger partial charge >= 0.3 is 6.03 Å². The summed E-state index contributed by atoms with van der Waals surface area (Å²) in [7, 11) is 0. The maximum atomic E-state index is 14.1. The molecule has 2 saturated heterocycles. The normalized spacial score (nSPS) is 24.8. The summed E-state index contributed by atoms with van der Waals surface area (Å²) >= 11 is 0. The Morgan fingerprint density at radius 2 is 1.93 bits per heavy atom. The first-order chi connectivity index (χ1) is 14.4. The van der Waals surface area contributed by atoms with Crippen molar-refractivity contribution in [1.82, 2.24) is 30.1 Å². The lowest BCUT2D eigenvalue weighted by molar-refractivity contribution is 0.0144. The number of urea groups is 1. The third kappa shape index (κ3) is 4.88. The first-order valence-corrected chi connectivity index (χ1v) is 10.6. The number of hydrogen-bond donors (Lipinski definition) is 1. The van der Waals surface area contributed by atoms with Gasteiger partial charge in [0.25, 0.3) is 11.8 Å². The number of aromatic nitrogens is 3. The Kier molecular flexibility index (Phi) is 6.16. The first kappa shape index (κ1) is 21.0. The molecule has 3 aliphatic rings. The summed E-state index contributed by atoms with van der Waals surface area (Å²) in [5, 5.41) is 10.8. The molecule has 4 rings (SSSR count). The van der Waals surface area contributed by atoms with E-state index in [1.165, 1.54) is 15.8 Å². The van der Waals surface area contributed by atoms with Crippen LogP contribution in [0.15, 0.2) is 6.20 Å². The Hall–Kier alpha value is -2.30. The van der Waals surface area contributed by atoms with Gasteiger partial charge in [0.15, 0.2) is 5.69 Å². The highest BCUT2D eigenvalue weighted by molar-refractivity contribution is 5.92. The van der Waals surface area contributed by atoms with Gasteiger partial charge in [-0.1, -0.05) is 24.5 Å². The van der Waals surface area contributed by atoms with Crippen molar-refractivity contribution in [1.29, 1.82) is 0 Å². The van der Waals surface area contributed by atoms with Crippen molar-refractivity contribution in [3.8, 4) is 0 Å². The van der Waals surface area contributed by atoms with Crippen LogP contribution in [0, 0.1) is 0 Å². The number of morpholine rings is 1. The molecule has 30 heavy (non-hydrogen) atoms. The highest BCUT2D eigenvalue weighted by Gasteiger charge is 2.47. The van der Waals surface area contributed by atoms with Crippen molar-refractivity contribution in [2.75, 3.05) is 32.8 Å². The third-order valence-electron chi connectivity index (χ3n) is 6.02. The van der Waals surface area contributed by atoms with Crippen molar-refractivity contribution in [3.63, 3.8) is 0 Å². The van der Waals surface area contributed by atoms with E-state index in [2.05, 4.69) is 15.6 Å². The van der Waals surface area contributed by atoms with E-state index in [-0.39, 0.29) is 24.2 Å². The average Bonchev–Trinajstić information content (AvgIpc) is 3.32. The zero-order valence-corrected chi connectivity index (χ0v) is 16.9. The molecule has 0 unspecified atom stereocenters. The van der Waals surface area contributed by atoms with E-state index >= 15 is 0 Å². The molecule has 1 N–H and O–H groups in total. The molecule has 1 saturated carbocycles. The van der Waals surface area contributed by atoms with Gasteiger partial charge in [-0.2, -0.15) is 0 Å². The van der Waals surface area contributed by atoms with E-state index in [1.807, 2.05) is 0 Å². The molecule has 0 spiro atoms. The first-order valence-electron chi connectivity index (χ1n) is 10.6. The molecule has 3 heterocycles. The Morgan fingerprint density at radius 1 is 1.20 bits per heavy atom. The number of halogens is 2. The molecule has 1 aromatic heterocycles. The second kappa shape index (κ2) is 8.83. The zero-order chi connectivity index (χ0) is 21.1. The van der Waals surface area contributed by atoms with Gasteiger partial charge < -0.3 is 19.9 Å². The van der Waals surface area contributed by atoms with Crippen LogP contribution < -0.4 is 5.32 Å². The van der Waals surface area contributed by atoms with E-state index < -0.39 is 31.0 Å². The van der Waals surface area contributed by atoms with E-state index in [0.29, 0.717) is 26.3 Å². The summed E-state index contributed by atoms with van der Waals surface area (Å²) in [4.78, 5) is 28.0. The minimum Gasteiger partial charge on any atom is -0.378 e. The molecule has 11 heteroatoms. The standard InChI is InChI=1S/C19H28F2N6O3/c20-19(21)10-15(27(13-19)18(29)22-14-4-2-1-3-5-14)11-26-12-16(23-24-26)17(28)25-6-8-30-9-7-25/h12,14-15H,1-11,13H2,(H,22,29)/t15-/m0/s1. The van der Waals surface area contributed by atoms with Gasteiger partial charge in [0.05, 0.1) is 38.5 Å². The topological polar surface area (TPSA) is 92.6 Å².